The number of anilines is 1. The summed E-state index contributed by atoms with van der Waals surface area (Å²) in [6, 6.07) is 13.8. The summed E-state index contributed by atoms with van der Waals surface area (Å²) in [7, 11) is -3.67. The highest BCUT2D eigenvalue weighted by Gasteiger charge is 2.17. The van der Waals surface area contributed by atoms with Gasteiger partial charge in [0.05, 0.1) is 17.2 Å². The van der Waals surface area contributed by atoms with Crippen molar-refractivity contribution < 1.29 is 13.2 Å². The third-order valence-electron chi connectivity index (χ3n) is 3.34. The van der Waals surface area contributed by atoms with Gasteiger partial charge >= 0.3 is 0 Å². The monoisotopic (exact) mass is 343 g/mol. The molecule has 0 fully saturated rings. The van der Waals surface area contributed by atoms with Crippen LogP contribution in [0.15, 0.2) is 72.2 Å². The second kappa shape index (κ2) is 7.84. The average molecular weight is 343 g/mol. The Balaban J connectivity index is 2.41. The Kier molecular flexibility index (Phi) is 5.82. The third-order valence-corrected chi connectivity index (χ3v) is 4.72. The van der Waals surface area contributed by atoms with Crippen LogP contribution in [-0.4, -0.2) is 15.0 Å². The van der Waals surface area contributed by atoms with E-state index in [2.05, 4.69) is 11.3 Å². The van der Waals surface area contributed by atoms with E-state index < -0.39 is 10.0 Å². The van der Waals surface area contributed by atoms with E-state index >= 15 is 0 Å². The molecule has 2 rings (SSSR count). The lowest BCUT2D eigenvalue weighted by Crippen LogP contribution is -2.14. The van der Waals surface area contributed by atoms with Gasteiger partial charge < -0.3 is 4.74 Å². The minimum absolute atomic E-state index is 0.216. The Hall–Kier alpha value is -2.53. The number of sulfonamides is 1. The molecule has 0 saturated carbocycles. The van der Waals surface area contributed by atoms with Gasteiger partial charge in [-0.25, -0.2) is 8.42 Å². The van der Waals surface area contributed by atoms with E-state index in [1.807, 2.05) is 19.9 Å². The zero-order valence-electron chi connectivity index (χ0n) is 13.8. The van der Waals surface area contributed by atoms with E-state index in [1.165, 1.54) is 0 Å². The highest BCUT2D eigenvalue weighted by atomic mass is 32.2. The van der Waals surface area contributed by atoms with Gasteiger partial charge in [-0.3, -0.25) is 4.72 Å². The number of rotatable bonds is 7. The SMILES string of the molecule is C=C/C=C(/OCC)c1ccccc1NS(=O)(=O)c1ccc(C)cc1. The zero-order chi connectivity index (χ0) is 17.6. The molecule has 0 saturated heterocycles. The van der Waals surface area contributed by atoms with Crippen LogP contribution in [0.4, 0.5) is 5.69 Å². The van der Waals surface area contributed by atoms with Crippen molar-refractivity contribution in [3.05, 3.63) is 78.4 Å². The molecule has 2 aromatic rings. The number of hydrogen-bond acceptors (Lipinski definition) is 3. The Morgan fingerprint density at radius 1 is 1.17 bits per heavy atom. The number of hydrogen-bond donors (Lipinski definition) is 1. The van der Waals surface area contributed by atoms with Gasteiger partial charge in [0.25, 0.3) is 10.0 Å². The van der Waals surface area contributed by atoms with Crippen molar-refractivity contribution in [1.82, 2.24) is 0 Å². The summed E-state index contributed by atoms with van der Waals surface area (Å²) in [6.07, 6.45) is 3.32. The van der Waals surface area contributed by atoms with Crippen molar-refractivity contribution in [2.75, 3.05) is 11.3 Å². The van der Waals surface area contributed by atoms with Crippen LogP contribution in [0.5, 0.6) is 0 Å². The van der Waals surface area contributed by atoms with Crippen LogP contribution < -0.4 is 4.72 Å². The van der Waals surface area contributed by atoms with Crippen molar-refractivity contribution in [1.29, 1.82) is 0 Å². The fourth-order valence-corrected chi connectivity index (χ4v) is 3.27. The lowest BCUT2D eigenvalue weighted by atomic mass is 10.1. The van der Waals surface area contributed by atoms with E-state index in [9.17, 15) is 8.42 Å². The summed E-state index contributed by atoms with van der Waals surface area (Å²) in [4.78, 5) is 0.216. The summed E-state index contributed by atoms with van der Waals surface area (Å²) in [5, 5.41) is 0. The summed E-state index contributed by atoms with van der Waals surface area (Å²) >= 11 is 0. The highest BCUT2D eigenvalue weighted by Crippen LogP contribution is 2.27. The fourth-order valence-electron chi connectivity index (χ4n) is 2.19. The molecule has 5 heteroatoms. The molecule has 0 unspecified atom stereocenters. The smallest absolute Gasteiger partial charge is 0.261 e. The molecule has 0 radical (unpaired) electrons. The van der Waals surface area contributed by atoms with Crippen LogP contribution in [0.1, 0.15) is 18.1 Å². The van der Waals surface area contributed by atoms with E-state index in [1.54, 1.807) is 54.6 Å². The number of ether oxygens (including phenoxy) is 1. The van der Waals surface area contributed by atoms with Gasteiger partial charge in [0.1, 0.15) is 5.76 Å². The summed E-state index contributed by atoms with van der Waals surface area (Å²) in [5.41, 5.74) is 2.12. The van der Waals surface area contributed by atoms with Crippen molar-refractivity contribution in [3.8, 4) is 0 Å². The molecule has 24 heavy (non-hydrogen) atoms. The molecule has 0 atom stereocenters. The second-order valence-corrected chi connectivity index (χ2v) is 6.85. The summed E-state index contributed by atoms with van der Waals surface area (Å²) < 4.78 is 33.5. The maximum Gasteiger partial charge on any atom is 0.261 e. The topological polar surface area (TPSA) is 55.4 Å². The van der Waals surface area contributed by atoms with Crippen LogP contribution >= 0.6 is 0 Å². The lowest BCUT2D eigenvalue weighted by molar-refractivity contribution is 0.298. The van der Waals surface area contributed by atoms with Gasteiger partial charge in [-0.2, -0.15) is 0 Å². The number of benzene rings is 2. The van der Waals surface area contributed by atoms with Crippen LogP contribution in [0, 0.1) is 6.92 Å². The standard InChI is InChI=1S/C19H21NO3S/c1-4-8-19(23-5-2)17-9-6-7-10-18(17)20-24(21,22)16-13-11-15(3)12-14-16/h4,6-14,20H,1,5H2,2-3H3/b19-8+. The van der Waals surface area contributed by atoms with E-state index in [0.29, 0.717) is 23.6 Å². The second-order valence-electron chi connectivity index (χ2n) is 5.16. The zero-order valence-corrected chi connectivity index (χ0v) is 14.6. The quantitative estimate of drug-likeness (QED) is 0.600. The van der Waals surface area contributed by atoms with Crippen molar-refractivity contribution >= 4 is 21.5 Å². The molecule has 2 aromatic carbocycles. The van der Waals surface area contributed by atoms with Gasteiger partial charge in [-0.1, -0.05) is 42.5 Å². The maximum absolute atomic E-state index is 12.6. The molecule has 4 nitrogen and oxygen atoms in total. The van der Waals surface area contributed by atoms with Gasteiger partial charge in [-0.15, -0.1) is 0 Å². The first-order valence-electron chi connectivity index (χ1n) is 7.62. The van der Waals surface area contributed by atoms with Gasteiger partial charge in [0, 0.05) is 5.56 Å². The molecule has 0 aliphatic rings. The molecule has 0 spiro atoms. The lowest BCUT2D eigenvalue weighted by Gasteiger charge is -2.15. The number of para-hydroxylation sites is 1. The van der Waals surface area contributed by atoms with Crippen LogP contribution in [-0.2, 0) is 14.8 Å². The number of nitrogens with one attached hydrogen (secondary N) is 1. The molecule has 0 aromatic heterocycles. The van der Waals surface area contributed by atoms with E-state index in [0.717, 1.165) is 5.56 Å². The molecular formula is C19H21NO3S. The highest BCUT2D eigenvalue weighted by molar-refractivity contribution is 7.92. The van der Waals surface area contributed by atoms with Crippen molar-refractivity contribution in [3.63, 3.8) is 0 Å². The molecule has 0 heterocycles. The molecule has 126 valence electrons. The largest absolute Gasteiger partial charge is 0.493 e. The first kappa shape index (κ1) is 17.8. The predicted octanol–water partition coefficient (Wildman–Crippen LogP) is 4.36. The van der Waals surface area contributed by atoms with Gasteiger partial charge in [0.2, 0.25) is 0 Å². The molecule has 0 aliphatic carbocycles. The molecular weight excluding hydrogens is 322 g/mol. The fraction of sp³-hybridized carbons (Fsp3) is 0.158. The van der Waals surface area contributed by atoms with Gasteiger partial charge in [0.15, 0.2) is 0 Å². The first-order chi connectivity index (χ1) is 11.5. The maximum atomic E-state index is 12.6. The Morgan fingerprint density at radius 2 is 1.83 bits per heavy atom. The Labute approximate surface area is 143 Å². The van der Waals surface area contributed by atoms with Gasteiger partial charge in [-0.05, 0) is 44.2 Å². The van der Waals surface area contributed by atoms with Crippen LogP contribution in [0.3, 0.4) is 0 Å². The summed E-state index contributed by atoms with van der Waals surface area (Å²) in [5.74, 6) is 0.565. The summed E-state index contributed by atoms with van der Waals surface area (Å²) in [6.45, 7) is 7.93. The van der Waals surface area contributed by atoms with E-state index in [-0.39, 0.29) is 4.90 Å². The molecule has 1 N–H and O–H groups in total. The third kappa shape index (κ3) is 4.26. The first-order valence-corrected chi connectivity index (χ1v) is 9.10. The minimum Gasteiger partial charge on any atom is -0.493 e. The number of aryl methyl sites for hydroxylation is 1. The average Bonchev–Trinajstić information content (AvgIpc) is 2.55. The predicted molar refractivity (Wildman–Crippen MR) is 98.2 cm³/mol. The van der Waals surface area contributed by atoms with Crippen LogP contribution in [0.25, 0.3) is 5.76 Å². The molecule has 0 aliphatic heterocycles. The Bertz CT molecular complexity index is 837. The van der Waals surface area contributed by atoms with Crippen molar-refractivity contribution in [2.45, 2.75) is 18.7 Å². The van der Waals surface area contributed by atoms with Crippen molar-refractivity contribution in [2.24, 2.45) is 0 Å². The van der Waals surface area contributed by atoms with Crippen LogP contribution in [0.2, 0.25) is 0 Å². The normalized spacial score (nSPS) is 11.8. The molecule has 0 amide bonds. The minimum atomic E-state index is -3.67. The van der Waals surface area contributed by atoms with E-state index in [4.69, 9.17) is 4.74 Å². The Morgan fingerprint density at radius 3 is 2.46 bits per heavy atom. The molecule has 0 bridgehead atoms. The number of allylic oxidation sites excluding steroid dienone is 2.